The van der Waals surface area contributed by atoms with Crippen molar-refractivity contribution in [1.29, 1.82) is 0 Å². The lowest BCUT2D eigenvalue weighted by atomic mass is 10.2. The Balaban J connectivity index is 2.42. The predicted molar refractivity (Wildman–Crippen MR) is 69.3 cm³/mol. The van der Waals surface area contributed by atoms with Crippen molar-refractivity contribution in [1.82, 2.24) is 4.98 Å². The molecule has 3 N–H and O–H groups in total. The van der Waals surface area contributed by atoms with Gasteiger partial charge in [-0.05, 0) is 29.8 Å². The second-order valence-electron chi connectivity index (χ2n) is 3.80. The Morgan fingerprint density at radius 1 is 1.21 bits per heavy atom. The van der Waals surface area contributed by atoms with Gasteiger partial charge in [-0.2, -0.15) is 0 Å². The predicted octanol–water partition coefficient (Wildman–Crippen LogP) is 1.48. The number of nitrogens with zero attached hydrogens (tertiary/aromatic N) is 1. The highest BCUT2D eigenvalue weighted by molar-refractivity contribution is 7.92. The van der Waals surface area contributed by atoms with Gasteiger partial charge in [-0.3, -0.25) is 9.71 Å². The van der Waals surface area contributed by atoms with E-state index >= 15 is 0 Å². The van der Waals surface area contributed by atoms with Crippen molar-refractivity contribution in [2.24, 2.45) is 5.73 Å². The van der Waals surface area contributed by atoms with Crippen LogP contribution in [0.15, 0.2) is 47.6 Å². The first-order valence-electron chi connectivity index (χ1n) is 5.44. The van der Waals surface area contributed by atoms with Crippen LogP contribution in [0.5, 0.6) is 0 Å². The first kappa shape index (κ1) is 13.4. The molecule has 0 amide bonds. The molecule has 0 unspecified atom stereocenters. The monoisotopic (exact) mass is 281 g/mol. The lowest BCUT2D eigenvalue weighted by Gasteiger charge is -2.11. The van der Waals surface area contributed by atoms with Crippen molar-refractivity contribution in [2.75, 3.05) is 4.72 Å². The van der Waals surface area contributed by atoms with E-state index in [1.807, 2.05) is 0 Å². The molecule has 0 aliphatic heterocycles. The molecule has 0 radical (unpaired) electrons. The molecule has 0 atom stereocenters. The Kier molecular flexibility index (Phi) is 3.77. The van der Waals surface area contributed by atoms with Crippen molar-refractivity contribution in [3.05, 3.63) is 54.1 Å². The molecule has 0 aliphatic carbocycles. The zero-order chi connectivity index (χ0) is 13.9. The second-order valence-corrected chi connectivity index (χ2v) is 5.45. The topological polar surface area (TPSA) is 85.1 Å². The van der Waals surface area contributed by atoms with Crippen molar-refractivity contribution >= 4 is 15.7 Å². The van der Waals surface area contributed by atoms with Crippen molar-refractivity contribution < 1.29 is 12.8 Å². The van der Waals surface area contributed by atoms with Gasteiger partial charge in [0, 0.05) is 18.9 Å². The standard InChI is InChI=1S/C12H12FN3O2S/c13-10-2-1-9(8-14)12(7-10)19(17,18)16-11-3-5-15-6-4-11/h1-7H,8,14H2,(H,15,16). The third-order valence-electron chi connectivity index (χ3n) is 2.47. The van der Waals surface area contributed by atoms with Crippen molar-refractivity contribution in [3.63, 3.8) is 0 Å². The van der Waals surface area contributed by atoms with Crippen LogP contribution >= 0.6 is 0 Å². The van der Waals surface area contributed by atoms with E-state index in [4.69, 9.17) is 5.73 Å². The van der Waals surface area contributed by atoms with E-state index in [0.29, 0.717) is 11.3 Å². The van der Waals surface area contributed by atoms with Gasteiger partial charge >= 0.3 is 0 Å². The number of rotatable bonds is 4. The fourth-order valence-corrected chi connectivity index (χ4v) is 2.90. The number of hydrogen-bond donors (Lipinski definition) is 2. The van der Waals surface area contributed by atoms with E-state index in [1.165, 1.54) is 36.7 Å². The average Bonchev–Trinajstić information content (AvgIpc) is 2.39. The van der Waals surface area contributed by atoms with Gasteiger partial charge in [-0.1, -0.05) is 6.07 Å². The molecule has 100 valence electrons. The number of sulfonamides is 1. The van der Waals surface area contributed by atoms with Crippen LogP contribution in [-0.4, -0.2) is 13.4 Å². The molecule has 0 saturated heterocycles. The lowest BCUT2D eigenvalue weighted by molar-refractivity contribution is 0.593. The van der Waals surface area contributed by atoms with Crippen molar-refractivity contribution in [2.45, 2.75) is 11.4 Å². The SMILES string of the molecule is NCc1ccc(F)cc1S(=O)(=O)Nc1ccncc1. The number of nitrogens with one attached hydrogen (secondary N) is 1. The average molecular weight is 281 g/mol. The van der Waals surface area contributed by atoms with Crippen LogP contribution in [0.1, 0.15) is 5.56 Å². The summed E-state index contributed by atoms with van der Waals surface area (Å²) in [5, 5.41) is 0. The quantitative estimate of drug-likeness (QED) is 0.889. The van der Waals surface area contributed by atoms with Crippen LogP contribution in [-0.2, 0) is 16.6 Å². The summed E-state index contributed by atoms with van der Waals surface area (Å²) in [7, 11) is -3.88. The summed E-state index contributed by atoms with van der Waals surface area (Å²) in [4.78, 5) is 3.62. The highest BCUT2D eigenvalue weighted by Gasteiger charge is 2.18. The molecule has 1 aromatic heterocycles. The maximum absolute atomic E-state index is 13.2. The zero-order valence-corrected chi connectivity index (χ0v) is 10.7. The van der Waals surface area contributed by atoms with Gasteiger partial charge in [0.25, 0.3) is 10.0 Å². The molecular formula is C12H12FN3O2S. The summed E-state index contributed by atoms with van der Waals surface area (Å²) in [5.41, 5.74) is 6.17. The summed E-state index contributed by atoms with van der Waals surface area (Å²) in [5.74, 6) is -0.632. The third-order valence-corrected chi connectivity index (χ3v) is 3.93. The molecule has 1 heterocycles. The van der Waals surface area contributed by atoms with Gasteiger partial charge in [0.1, 0.15) is 5.82 Å². The smallest absolute Gasteiger partial charge is 0.262 e. The molecule has 1 aromatic carbocycles. The van der Waals surface area contributed by atoms with Crippen LogP contribution in [0.25, 0.3) is 0 Å². The van der Waals surface area contributed by atoms with Crippen LogP contribution in [0.3, 0.4) is 0 Å². The van der Waals surface area contributed by atoms with Gasteiger partial charge in [0.05, 0.1) is 10.6 Å². The van der Waals surface area contributed by atoms with E-state index in [9.17, 15) is 12.8 Å². The van der Waals surface area contributed by atoms with Crippen molar-refractivity contribution in [3.8, 4) is 0 Å². The summed E-state index contributed by atoms with van der Waals surface area (Å²) < 4.78 is 39.9. The van der Waals surface area contributed by atoms with Gasteiger partial charge in [0.15, 0.2) is 0 Å². The molecule has 0 fully saturated rings. The maximum Gasteiger partial charge on any atom is 0.262 e. The highest BCUT2D eigenvalue weighted by Crippen LogP contribution is 2.20. The van der Waals surface area contributed by atoms with Gasteiger partial charge in [0.2, 0.25) is 0 Å². The second kappa shape index (κ2) is 5.33. The minimum atomic E-state index is -3.88. The minimum Gasteiger partial charge on any atom is -0.326 e. The number of hydrogen-bond acceptors (Lipinski definition) is 4. The minimum absolute atomic E-state index is 0.00681. The first-order valence-corrected chi connectivity index (χ1v) is 6.92. The maximum atomic E-state index is 13.2. The fraction of sp³-hybridized carbons (Fsp3) is 0.0833. The van der Waals surface area contributed by atoms with Gasteiger partial charge in [-0.25, -0.2) is 12.8 Å². The number of aromatic nitrogens is 1. The molecule has 5 nitrogen and oxygen atoms in total. The Hall–Kier alpha value is -1.99. The summed E-state index contributed by atoms with van der Waals surface area (Å²) in [6.45, 7) is 0.00681. The Morgan fingerprint density at radius 2 is 1.89 bits per heavy atom. The summed E-state index contributed by atoms with van der Waals surface area (Å²) in [6, 6.07) is 6.48. The Labute approximate surface area is 110 Å². The van der Waals surface area contributed by atoms with E-state index in [0.717, 1.165) is 6.07 Å². The number of anilines is 1. The van der Waals surface area contributed by atoms with Gasteiger partial charge in [-0.15, -0.1) is 0 Å². The molecular weight excluding hydrogens is 269 g/mol. The zero-order valence-electron chi connectivity index (χ0n) is 9.88. The van der Waals surface area contributed by atoms with Gasteiger partial charge < -0.3 is 5.73 Å². The van der Waals surface area contributed by atoms with Crippen LogP contribution in [0.4, 0.5) is 10.1 Å². The van der Waals surface area contributed by atoms with E-state index in [-0.39, 0.29) is 11.4 Å². The number of pyridine rings is 1. The normalized spacial score (nSPS) is 11.3. The molecule has 0 spiro atoms. The molecule has 19 heavy (non-hydrogen) atoms. The molecule has 0 saturated carbocycles. The first-order chi connectivity index (χ1) is 9.03. The van der Waals surface area contributed by atoms with E-state index in [1.54, 1.807) is 0 Å². The molecule has 0 aliphatic rings. The molecule has 0 bridgehead atoms. The number of benzene rings is 1. The molecule has 2 aromatic rings. The van der Waals surface area contributed by atoms with Crippen LogP contribution in [0.2, 0.25) is 0 Å². The van der Waals surface area contributed by atoms with E-state index < -0.39 is 15.8 Å². The van der Waals surface area contributed by atoms with Crippen LogP contribution in [0, 0.1) is 5.82 Å². The Morgan fingerprint density at radius 3 is 2.53 bits per heavy atom. The fourth-order valence-electron chi connectivity index (χ4n) is 1.58. The largest absolute Gasteiger partial charge is 0.326 e. The summed E-state index contributed by atoms with van der Waals surface area (Å²) >= 11 is 0. The highest BCUT2D eigenvalue weighted by atomic mass is 32.2. The number of nitrogens with two attached hydrogens (primary N) is 1. The lowest BCUT2D eigenvalue weighted by Crippen LogP contribution is -2.16. The number of halogens is 1. The third kappa shape index (κ3) is 3.07. The Bertz CT molecular complexity index is 675. The van der Waals surface area contributed by atoms with E-state index in [2.05, 4.69) is 9.71 Å². The molecule has 2 rings (SSSR count). The molecule has 7 heteroatoms. The summed E-state index contributed by atoms with van der Waals surface area (Å²) in [6.07, 6.45) is 2.90. The van der Waals surface area contributed by atoms with Crippen LogP contribution < -0.4 is 10.5 Å².